The number of carbonyl (C=O) groups is 2. The van der Waals surface area contributed by atoms with Gasteiger partial charge in [-0.2, -0.15) is 0 Å². The van der Waals surface area contributed by atoms with E-state index in [9.17, 15) is 14.0 Å². The van der Waals surface area contributed by atoms with E-state index in [0.717, 1.165) is 5.56 Å². The van der Waals surface area contributed by atoms with Gasteiger partial charge in [-0.15, -0.1) is 0 Å². The van der Waals surface area contributed by atoms with Crippen LogP contribution in [-0.2, 0) is 17.9 Å². The van der Waals surface area contributed by atoms with Crippen molar-refractivity contribution in [1.29, 1.82) is 0 Å². The molecule has 3 rings (SSSR count). The first-order valence-electron chi connectivity index (χ1n) is 9.46. The molecule has 0 aliphatic heterocycles. The van der Waals surface area contributed by atoms with Crippen LogP contribution in [0.2, 0.25) is 5.02 Å². The monoisotopic (exact) mass is 441 g/mol. The fourth-order valence-corrected chi connectivity index (χ4v) is 3.30. The Kier molecular flexibility index (Phi) is 7.20. The molecule has 0 atom stereocenters. The Morgan fingerprint density at radius 1 is 1.13 bits per heavy atom. The minimum absolute atomic E-state index is 0.179. The first-order chi connectivity index (χ1) is 14.9. The van der Waals surface area contributed by atoms with Crippen LogP contribution in [0.5, 0.6) is 5.75 Å². The summed E-state index contributed by atoms with van der Waals surface area (Å²) < 4.78 is 19.0. The van der Waals surface area contributed by atoms with E-state index in [2.05, 4.69) is 10.3 Å². The molecule has 0 unspecified atom stereocenters. The third-order valence-electron chi connectivity index (χ3n) is 4.49. The van der Waals surface area contributed by atoms with Crippen molar-refractivity contribution in [3.63, 3.8) is 0 Å². The summed E-state index contributed by atoms with van der Waals surface area (Å²) in [6.45, 7) is 1.78. The predicted molar refractivity (Wildman–Crippen MR) is 117 cm³/mol. The number of nitrogens with zero attached hydrogens (tertiary/aromatic N) is 2. The van der Waals surface area contributed by atoms with Crippen molar-refractivity contribution in [2.24, 2.45) is 0 Å². The number of benzene rings is 2. The van der Waals surface area contributed by atoms with E-state index in [0.29, 0.717) is 22.2 Å². The van der Waals surface area contributed by atoms with E-state index in [1.165, 1.54) is 32.2 Å². The Morgan fingerprint density at radius 2 is 1.90 bits per heavy atom. The largest absolute Gasteiger partial charge is 0.495 e. The molecule has 1 heterocycles. The molecule has 2 aromatic carbocycles. The van der Waals surface area contributed by atoms with E-state index in [1.54, 1.807) is 47.5 Å². The maximum Gasteiger partial charge on any atom is 0.254 e. The highest BCUT2D eigenvalue weighted by atomic mass is 35.5. The van der Waals surface area contributed by atoms with Gasteiger partial charge in [0, 0.05) is 31.8 Å². The maximum absolute atomic E-state index is 13.7. The van der Waals surface area contributed by atoms with E-state index in [-0.39, 0.29) is 30.5 Å². The van der Waals surface area contributed by atoms with Crippen LogP contribution in [0.3, 0.4) is 0 Å². The molecule has 8 heteroatoms. The normalized spacial score (nSPS) is 10.5. The van der Waals surface area contributed by atoms with Gasteiger partial charge in [-0.05, 0) is 41.5 Å². The van der Waals surface area contributed by atoms with E-state index in [1.807, 2.05) is 0 Å². The summed E-state index contributed by atoms with van der Waals surface area (Å²) in [5.41, 5.74) is 1.65. The number of carbonyl (C=O) groups excluding carboxylic acids is 2. The van der Waals surface area contributed by atoms with Crippen LogP contribution in [0.4, 0.5) is 10.2 Å². The molecule has 0 spiro atoms. The number of aromatic nitrogens is 1. The summed E-state index contributed by atoms with van der Waals surface area (Å²) >= 11 is 6.43. The first-order valence-corrected chi connectivity index (χ1v) is 9.84. The molecule has 0 aliphatic carbocycles. The lowest BCUT2D eigenvalue weighted by Crippen LogP contribution is -2.30. The van der Waals surface area contributed by atoms with Gasteiger partial charge < -0.3 is 15.0 Å². The van der Waals surface area contributed by atoms with Crippen molar-refractivity contribution in [1.82, 2.24) is 9.88 Å². The maximum atomic E-state index is 13.7. The lowest BCUT2D eigenvalue weighted by atomic mass is 10.1. The number of amides is 2. The lowest BCUT2D eigenvalue weighted by Gasteiger charge is -2.24. The second kappa shape index (κ2) is 10.0. The third-order valence-corrected chi connectivity index (χ3v) is 4.91. The Morgan fingerprint density at radius 3 is 2.55 bits per heavy atom. The van der Waals surface area contributed by atoms with Crippen molar-refractivity contribution >= 4 is 29.2 Å². The highest BCUT2D eigenvalue weighted by Gasteiger charge is 2.19. The van der Waals surface area contributed by atoms with Crippen LogP contribution in [0.1, 0.15) is 28.4 Å². The summed E-state index contributed by atoms with van der Waals surface area (Å²) in [4.78, 5) is 30.1. The SMILES string of the molecule is COc1cccc(CN(Cc2ccc(NC(C)=O)nc2)C(=O)c2cccc(F)c2)c1Cl. The van der Waals surface area contributed by atoms with Crippen LogP contribution >= 0.6 is 11.6 Å². The predicted octanol–water partition coefficient (Wildman–Crippen LogP) is 4.68. The Hall–Kier alpha value is -3.45. The smallest absolute Gasteiger partial charge is 0.254 e. The first kappa shape index (κ1) is 22.2. The number of halogens is 2. The van der Waals surface area contributed by atoms with Crippen LogP contribution < -0.4 is 10.1 Å². The van der Waals surface area contributed by atoms with Gasteiger partial charge in [0.15, 0.2) is 0 Å². The van der Waals surface area contributed by atoms with Crippen molar-refractivity contribution in [3.8, 4) is 5.75 Å². The number of ether oxygens (including phenoxy) is 1. The van der Waals surface area contributed by atoms with Crippen molar-refractivity contribution in [2.75, 3.05) is 12.4 Å². The van der Waals surface area contributed by atoms with Gasteiger partial charge in [0.1, 0.15) is 17.4 Å². The van der Waals surface area contributed by atoms with Gasteiger partial charge >= 0.3 is 0 Å². The fourth-order valence-electron chi connectivity index (χ4n) is 3.04. The topological polar surface area (TPSA) is 71.5 Å². The van der Waals surface area contributed by atoms with Crippen molar-refractivity contribution < 1.29 is 18.7 Å². The number of methoxy groups -OCH3 is 1. The molecule has 0 saturated carbocycles. The van der Waals surface area contributed by atoms with Crippen LogP contribution in [0, 0.1) is 5.82 Å². The van der Waals surface area contributed by atoms with Crippen molar-refractivity contribution in [3.05, 3.63) is 88.3 Å². The molecule has 0 bridgehead atoms. The Bertz CT molecular complexity index is 1090. The number of rotatable bonds is 7. The second-order valence-corrected chi connectivity index (χ2v) is 7.22. The third kappa shape index (κ3) is 5.79. The molecule has 1 aromatic heterocycles. The summed E-state index contributed by atoms with van der Waals surface area (Å²) in [5.74, 6) is -0.166. The Labute approximate surface area is 184 Å². The van der Waals surface area contributed by atoms with Crippen molar-refractivity contribution in [2.45, 2.75) is 20.0 Å². The zero-order chi connectivity index (χ0) is 22.4. The summed E-state index contributed by atoms with van der Waals surface area (Å²) in [5, 5.41) is 3.00. The molecule has 0 saturated heterocycles. The second-order valence-electron chi connectivity index (χ2n) is 6.84. The molecule has 3 aromatic rings. The molecule has 0 fully saturated rings. The van der Waals surface area contributed by atoms with E-state index >= 15 is 0 Å². The zero-order valence-corrected chi connectivity index (χ0v) is 17.8. The molecule has 2 amide bonds. The highest BCUT2D eigenvalue weighted by molar-refractivity contribution is 6.32. The van der Waals surface area contributed by atoms with Gasteiger partial charge in [-0.3, -0.25) is 9.59 Å². The van der Waals surface area contributed by atoms with E-state index in [4.69, 9.17) is 16.3 Å². The molecular formula is C23H21ClFN3O3. The average Bonchev–Trinajstić information content (AvgIpc) is 2.75. The van der Waals surface area contributed by atoms with Crippen LogP contribution in [0.25, 0.3) is 0 Å². The summed E-state index contributed by atoms with van der Waals surface area (Å²) in [6, 6.07) is 14.3. The molecule has 6 nitrogen and oxygen atoms in total. The van der Waals surface area contributed by atoms with Gasteiger partial charge in [0.2, 0.25) is 5.91 Å². The number of pyridine rings is 1. The number of anilines is 1. The molecular weight excluding hydrogens is 421 g/mol. The van der Waals surface area contributed by atoms with Gasteiger partial charge in [-0.25, -0.2) is 9.37 Å². The lowest BCUT2D eigenvalue weighted by molar-refractivity contribution is -0.114. The minimum Gasteiger partial charge on any atom is -0.495 e. The molecule has 1 N–H and O–H groups in total. The average molecular weight is 442 g/mol. The van der Waals surface area contributed by atoms with Crippen LogP contribution in [0.15, 0.2) is 60.8 Å². The molecule has 31 heavy (non-hydrogen) atoms. The Balaban J connectivity index is 1.90. The minimum atomic E-state index is -0.494. The van der Waals surface area contributed by atoms with E-state index < -0.39 is 5.82 Å². The standard InChI is InChI=1S/C23H21ClFN3O3/c1-15(29)27-21-10-9-16(12-26-21)13-28(23(30)17-5-3-7-19(25)11-17)14-18-6-4-8-20(31-2)22(18)24/h3-12H,13-14H2,1-2H3,(H,26,27,29). The van der Waals surface area contributed by atoms with Gasteiger partial charge in [0.05, 0.1) is 12.1 Å². The zero-order valence-electron chi connectivity index (χ0n) is 17.1. The van der Waals surface area contributed by atoms with Crippen LogP contribution in [-0.4, -0.2) is 28.8 Å². The van der Waals surface area contributed by atoms with Gasteiger partial charge in [0.25, 0.3) is 5.91 Å². The molecule has 0 aliphatic rings. The molecule has 160 valence electrons. The fraction of sp³-hybridized carbons (Fsp3) is 0.174. The number of nitrogens with one attached hydrogen (secondary N) is 1. The summed E-state index contributed by atoms with van der Waals surface area (Å²) in [7, 11) is 1.52. The number of hydrogen-bond donors (Lipinski definition) is 1. The summed E-state index contributed by atoms with van der Waals surface area (Å²) in [6.07, 6.45) is 1.57. The number of hydrogen-bond acceptors (Lipinski definition) is 4. The quantitative estimate of drug-likeness (QED) is 0.577. The molecule has 0 radical (unpaired) electrons. The highest BCUT2D eigenvalue weighted by Crippen LogP contribution is 2.29. The van der Waals surface area contributed by atoms with Gasteiger partial charge in [-0.1, -0.05) is 35.9 Å².